The summed E-state index contributed by atoms with van der Waals surface area (Å²) in [5.41, 5.74) is 0.505. The van der Waals surface area contributed by atoms with Crippen molar-refractivity contribution >= 4 is 51.4 Å². The van der Waals surface area contributed by atoms with Gasteiger partial charge in [-0.15, -0.1) is 10.2 Å². The van der Waals surface area contributed by atoms with E-state index in [0.29, 0.717) is 53.2 Å². The minimum atomic E-state index is -4.50. The van der Waals surface area contributed by atoms with Crippen molar-refractivity contribution in [1.29, 1.82) is 0 Å². The van der Waals surface area contributed by atoms with Gasteiger partial charge in [-0.05, 0) is 18.2 Å². The molecule has 2 amide bonds. The third-order valence-corrected chi connectivity index (χ3v) is 5.43. The Morgan fingerprint density at radius 3 is 2.38 bits per heavy atom. The van der Waals surface area contributed by atoms with Crippen LogP contribution < -0.4 is 10.2 Å². The third kappa shape index (κ3) is 4.30. The number of nitrogens with zero attached hydrogens (tertiary/aromatic N) is 4. The van der Waals surface area contributed by atoms with Crippen LogP contribution in [-0.2, 0) is 6.18 Å². The number of rotatable bonds is 2. The number of halogens is 5. The van der Waals surface area contributed by atoms with Crippen LogP contribution in [0.15, 0.2) is 18.2 Å². The quantitative estimate of drug-likeness (QED) is 0.782. The minimum absolute atomic E-state index is 0.196. The smallest absolute Gasteiger partial charge is 0.343 e. The summed E-state index contributed by atoms with van der Waals surface area (Å²) in [6.45, 7) is 1.41. The summed E-state index contributed by atoms with van der Waals surface area (Å²) >= 11 is 12.2. The Morgan fingerprint density at radius 2 is 1.81 bits per heavy atom. The second kappa shape index (κ2) is 7.45. The fourth-order valence-electron chi connectivity index (χ4n) is 2.34. The van der Waals surface area contributed by atoms with Crippen molar-refractivity contribution in [3.8, 4) is 0 Å². The molecule has 2 aromatic rings. The van der Waals surface area contributed by atoms with Crippen molar-refractivity contribution < 1.29 is 18.0 Å². The summed E-state index contributed by atoms with van der Waals surface area (Å²) in [7, 11) is 0. The lowest BCUT2D eigenvalue weighted by molar-refractivity contribution is -0.138. The maximum atomic E-state index is 12.6. The Hall–Kier alpha value is -1.78. The molecule has 0 spiro atoms. The molecule has 1 aliphatic heterocycles. The van der Waals surface area contributed by atoms with Gasteiger partial charge in [-0.1, -0.05) is 34.5 Å². The van der Waals surface area contributed by atoms with Crippen molar-refractivity contribution in [1.82, 2.24) is 15.1 Å². The van der Waals surface area contributed by atoms with Crippen LogP contribution in [0.1, 0.15) is 5.01 Å². The highest BCUT2D eigenvalue weighted by molar-refractivity contribution is 7.15. The van der Waals surface area contributed by atoms with Crippen LogP contribution in [0.2, 0.25) is 10.0 Å². The standard InChI is InChI=1S/C14H12Cl2F3N5OS/c15-9-2-1-8(7-10(9)16)20-12(25)23-3-5-24(6-4-23)13-22-21-11(26-13)14(17,18)19/h1-2,7H,3-6H2,(H,20,25). The summed E-state index contributed by atoms with van der Waals surface area (Å²) in [5.74, 6) is 0. The number of carbonyl (C=O) groups is 1. The highest BCUT2D eigenvalue weighted by atomic mass is 35.5. The van der Waals surface area contributed by atoms with E-state index < -0.39 is 11.2 Å². The molecule has 1 saturated heterocycles. The van der Waals surface area contributed by atoms with Gasteiger partial charge >= 0.3 is 12.2 Å². The van der Waals surface area contributed by atoms with E-state index in [4.69, 9.17) is 23.2 Å². The largest absolute Gasteiger partial charge is 0.445 e. The molecule has 1 N–H and O–H groups in total. The van der Waals surface area contributed by atoms with Gasteiger partial charge in [0.05, 0.1) is 10.0 Å². The second-order valence-electron chi connectivity index (χ2n) is 5.42. The van der Waals surface area contributed by atoms with Gasteiger partial charge in [-0.3, -0.25) is 0 Å². The van der Waals surface area contributed by atoms with Crippen LogP contribution >= 0.6 is 34.5 Å². The van der Waals surface area contributed by atoms with Crippen molar-refractivity contribution in [2.45, 2.75) is 6.18 Å². The second-order valence-corrected chi connectivity index (χ2v) is 7.19. The zero-order chi connectivity index (χ0) is 18.9. The predicted molar refractivity (Wildman–Crippen MR) is 94.2 cm³/mol. The van der Waals surface area contributed by atoms with E-state index in [1.54, 1.807) is 21.9 Å². The lowest BCUT2D eigenvalue weighted by atomic mass is 10.3. The Kier molecular flexibility index (Phi) is 5.44. The van der Waals surface area contributed by atoms with E-state index in [1.165, 1.54) is 6.07 Å². The monoisotopic (exact) mass is 425 g/mol. The summed E-state index contributed by atoms with van der Waals surface area (Å²) in [4.78, 5) is 15.5. The maximum absolute atomic E-state index is 12.6. The number of alkyl halides is 3. The normalized spacial score (nSPS) is 15.3. The van der Waals surface area contributed by atoms with Gasteiger partial charge in [0.15, 0.2) is 0 Å². The maximum Gasteiger partial charge on any atom is 0.445 e. The topological polar surface area (TPSA) is 61.4 Å². The molecule has 0 saturated carbocycles. The first kappa shape index (κ1) is 19.0. The number of hydrogen-bond acceptors (Lipinski definition) is 5. The van der Waals surface area contributed by atoms with Crippen LogP contribution in [0, 0.1) is 0 Å². The molecule has 0 unspecified atom stereocenters. The van der Waals surface area contributed by atoms with E-state index in [9.17, 15) is 18.0 Å². The number of nitrogens with one attached hydrogen (secondary N) is 1. The molecule has 140 valence electrons. The molecule has 3 rings (SSSR count). The zero-order valence-corrected chi connectivity index (χ0v) is 15.4. The van der Waals surface area contributed by atoms with Gasteiger partial charge in [0.25, 0.3) is 0 Å². The summed E-state index contributed by atoms with van der Waals surface area (Å²) in [6.07, 6.45) is -4.50. The molecule has 12 heteroatoms. The molecule has 6 nitrogen and oxygen atoms in total. The Morgan fingerprint density at radius 1 is 1.12 bits per heavy atom. The van der Waals surface area contributed by atoms with Crippen molar-refractivity contribution in [3.63, 3.8) is 0 Å². The molecule has 0 aliphatic carbocycles. The van der Waals surface area contributed by atoms with Crippen molar-refractivity contribution in [2.75, 3.05) is 36.4 Å². The number of aromatic nitrogens is 2. The van der Waals surface area contributed by atoms with E-state index in [0.717, 1.165) is 0 Å². The number of carbonyl (C=O) groups excluding carboxylic acids is 1. The van der Waals surface area contributed by atoms with Gasteiger partial charge in [0.2, 0.25) is 10.1 Å². The average molecular weight is 426 g/mol. The van der Waals surface area contributed by atoms with Crippen LogP contribution in [-0.4, -0.2) is 47.3 Å². The average Bonchev–Trinajstić information content (AvgIpc) is 3.09. The third-order valence-electron chi connectivity index (χ3n) is 3.67. The first-order chi connectivity index (χ1) is 12.2. The number of piperazine rings is 1. The number of amides is 2. The van der Waals surface area contributed by atoms with Gasteiger partial charge in [-0.2, -0.15) is 13.2 Å². The fourth-order valence-corrected chi connectivity index (χ4v) is 3.40. The SMILES string of the molecule is O=C(Nc1ccc(Cl)c(Cl)c1)N1CCN(c2nnc(C(F)(F)F)s2)CC1. The first-order valence-corrected chi connectivity index (χ1v) is 8.98. The lowest BCUT2D eigenvalue weighted by Crippen LogP contribution is -2.50. The summed E-state index contributed by atoms with van der Waals surface area (Å²) < 4.78 is 37.8. The van der Waals surface area contributed by atoms with Gasteiger partial charge < -0.3 is 15.1 Å². The molecule has 2 heterocycles. The molecule has 26 heavy (non-hydrogen) atoms. The molecular weight excluding hydrogens is 414 g/mol. The number of benzene rings is 1. The van der Waals surface area contributed by atoms with Gasteiger partial charge in [0.1, 0.15) is 0 Å². The van der Waals surface area contributed by atoms with Crippen molar-refractivity contribution in [2.24, 2.45) is 0 Å². The Balaban J connectivity index is 1.57. The first-order valence-electron chi connectivity index (χ1n) is 7.40. The summed E-state index contributed by atoms with van der Waals surface area (Å²) in [5, 5.41) is 9.40. The zero-order valence-electron chi connectivity index (χ0n) is 13.1. The number of hydrogen-bond donors (Lipinski definition) is 1. The molecular formula is C14H12Cl2F3N5OS. The lowest BCUT2D eigenvalue weighted by Gasteiger charge is -2.34. The fraction of sp³-hybridized carbons (Fsp3) is 0.357. The number of anilines is 2. The van der Waals surface area contributed by atoms with Gasteiger partial charge in [0, 0.05) is 31.9 Å². The Bertz CT molecular complexity index is 808. The van der Waals surface area contributed by atoms with Gasteiger partial charge in [-0.25, -0.2) is 4.79 Å². The molecule has 1 fully saturated rings. The van der Waals surface area contributed by atoms with Crippen LogP contribution in [0.5, 0.6) is 0 Å². The molecule has 0 radical (unpaired) electrons. The minimum Gasteiger partial charge on any atom is -0.343 e. The van der Waals surface area contributed by atoms with Crippen LogP contribution in [0.4, 0.5) is 28.8 Å². The van der Waals surface area contributed by atoms with E-state index >= 15 is 0 Å². The van der Waals surface area contributed by atoms with Crippen molar-refractivity contribution in [3.05, 3.63) is 33.3 Å². The van der Waals surface area contributed by atoms with Crippen LogP contribution in [0.3, 0.4) is 0 Å². The Labute approximate surface area is 160 Å². The van der Waals surface area contributed by atoms with E-state index in [2.05, 4.69) is 15.5 Å². The van der Waals surface area contributed by atoms with E-state index in [-0.39, 0.29) is 11.2 Å². The summed E-state index contributed by atoms with van der Waals surface area (Å²) in [6, 6.07) is 4.42. The predicted octanol–water partition coefficient (Wildman–Crippen LogP) is 4.22. The molecule has 0 atom stereocenters. The van der Waals surface area contributed by atoms with Crippen LogP contribution in [0.25, 0.3) is 0 Å². The van der Waals surface area contributed by atoms with E-state index in [1.807, 2.05) is 0 Å². The molecule has 1 aliphatic rings. The highest BCUT2D eigenvalue weighted by Gasteiger charge is 2.36. The highest BCUT2D eigenvalue weighted by Crippen LogP contribution is 2.34. The molecule has 1 aromatic carbocycles. The molecule has 1 aromatic heterocycles. The number of urea groups is 1. The molecule has 0 bridgehead atoms.